The summed E-state index contributed by atoms with van der Waals surface area (Å²) < 4.78 is 5.93. The standard InChI is InChI=1S/C22H21BrN4O7/c1-2-13-9-15(23)7-8-17(13)24-19(28)12-34-22(31)14-10-20(29)26(11-14)25-21(30)16-5-3-4-6-18(16)27(32)33/h3-9,14H,2,10-12H2,1H3,(H,24,28)(H,25,30)/t14-/m1/s1. The third-order valence-corrected chi connectivity index (χ3v) is 5.60. The van der Waals surface area contributed by atoms with E-state index in [0.717, 1.165) is 15.0 Å². The van der Waals surface area contributed by atoms with Crippen LogP contribution in [0.15, 0.2) is 46.9 Å². The molecule has 1 heterocycles. The Morgan fingerprint density at radius 3 is 2.68 bits per heavy atom. The predicted octanol–water partition coefficient (Wildman–Crippen LogP) is 2.59. The molecule has 1 aliphatic heterocycles. The quantitative estimate of drug-likeness (QED) is 0.301. The number of carbonyl (C=O) groups excluding carboxylic acids is 4. The highest BCUT2D eigenvalue weighted by Crippen LogP contribution is 2.22. The molecule has 1 saturated heterocycles. The Bertz CT molecular complexity index is 1150. The van der Waals surface area contributed by atoms with Gasteiger partial charge in [0.15, 0.2) is 6.61 Å². The normalized spacial score (nSPS) is 15.1. The molecule has 12 heteroatoms. The summed E-state index contributed by atoms with van der Waals surface area (Å²) in [6, 6.07) is 10.7. The fraction of sp³-hybridized carbons (Fsp3) is 0.273. The molecule has 2 aromatic carbocycles. The molecule has 1 aliphatic rings. The fourth-order valence-corrected chi connectivity index (χ4v) is 3.81. The van der Waals surface area contributed by atoms with Crippen LogP contribution in [-0.4, -0.2) is 46.8 Å². The number of nitrogens with zero attached hydrogens (tertiary/aromatic N) is 2. The third kappa shape index (κ3) is 5.95. The first-order valence-electron chi connectivity index (χ1n) is 10.3. The number of nitro groups is 1. The van der Waals surface area contributed by atoms with Gasteiger partial charge in [-0.15, -0.1) is 0 Å². The molecule has 0 bridgehead atoms. The molecule has 0 aromatic heterocycles. The number of benzene rings is 2. The second kappa shape index (κ2) is 10.9. The van der Waals surface area contributed by atoms with Gasteiger partial charge in [0, 0.05) is 22.6 Å². The average Bonchev–Trinajstić information content (AvgIpc) is 3.18. The van der Waals surface area contributed by atoms with Crippen molar-refractivity contribution in [3.05, 3.63) is 68.2 Å². The van der Waals surface area contributed by atoms with Gasteiger partial charge in [0.25, 0.3) is 17.5 Å². The molecule has 1 atom stereocenters. The van der Waals surface area contributed by atoms with E-state index >= 15 is 0 Å². The largest absolute Gasteiger partial charge is 0.455 e. The Morgan fingerprint density at radius 2 is 1.97 bits per heavy atom. The molecule has 3 rings (SSSR count). The number of hydrogen-bond acceptors (Lipinski definition) is 7. The maximum Gasteiger partial charge on any atom is 0.311 e. The number of ether oxygens (including phenoxy) is 1. The highest BCUT2D eigenvalue weighted by molar-refractivity contribution is 9.10. The van der Waals surface area contributed by atoms with Crippen molar-refractivity contribution in [3.8, 4) is 0 Å². The summed E-state index contributed by atoms with van der Waals surface area (Å²) in [6.07, 6.45) is 0.455. The Hall–Kier alpha value is -3.80. The van der Waals surface area contributed by atoms with Crippen LogP contribution in [0.3, 0.4) is 0 Å². The number of nitro benzene ring substituents is 1. The zero-order valence-corrected chi connectivity index (χ0v) is 19.7. The number of nitrogens with one attached hydrogen (secondary N) is 2. The van der Waals surface area contributed by atoms with Crippen LogP contribution in [0.4, 0.5) is 11.4 Å². The van der Waals surface area contributed by atoms with Gasteiger partial charge in [0.1, 0.15) is 5.56 Å². The lowest BCUT2D eigenvalue weighted by Crippen LogP contribution is -2.43. The Morgan fingerprint density at radius 1 is 1.24 bits per heavy atom. The topological polar surface area (TPSA) is 148 Å². The SMILES string of the molecule is CCc1cc(Br)ccc1NC(=O)COC(=O)[C@@H]1CC(=O)N(NC(=O)c2ccccc2[N+](=O)[O-])C1. The monoisotopic (exact) mass is 532 g/mol. The summed E-state index contributed by atoms with van der Waals surface area (Å²) >= 11 is 3.37. The van der Waals surface area contributed by atoms with Gasteiger partial charge in [-0.25, -0.2) is 0 Å². The van der Waals surface area contributed by atoms with Gasteiger partial charge in [0.2, 0.25) is 5.91 Å². The minimum absolute atomic E-state index is 0.182. The predicted molar refractivity (Wildman–Crippen MR) is 123 cm³/mol. The molecule has 34 heavy (non-hydrogen) atoms. The maximum atomic E-state index is 12.4. The summed E-state index contributed by atoms with van der Waals surface area (Å²) in [4.78, 5) is 59.7. The molecule has 2 aromatic rings. The number of para-hydroxylation sites is 1. The molecule has 0 saturated carbocycles. The zero-order valence-electron chi connectivity index (χ0n) is 18.1. The lowest BCUT2D eigenvalue weighted by molar-refractivity contribution is -0.385. The Balaban J connectivity index is 1.53. The van der Waals surface area contributed by atoms with Crippen LogP contribution < -0.4 is 10.7 Å². The number of carbonyl (C=O) groups is 4. The number of esters is 1. The number of rotatable bonds is 8. The molecule has 3 amide bonds. The first-order valence-corrected chi connectivity index (χ1v) is 11.1. The molecule has 0 spiro atoms. The van der Waals surface area contributed by atoms with E-state index in [1.54, 1.807) is 12.1 Å². The highest BCUT2D eigenvalue weighted by atomic mass is 79.9. The number of halogens is 1. The lowest BCUT2D eigenvalue weighted by Gasteiger charge is -2.17. The van der Waals surface area contributed by atoms with E-state index in [-0.39, 0.29) is 18.5 Å². The summed E-state index contributed by atoms with van der Waals surface area (Å²) in [5, 5.41) is 14.7. The van der Waals surface area contributed by atoms with Gasteiger partial charge < -0.3 is 10.1 Å². The molecule has 0 unspecified atom stereocenters. The van der Waals surface area contributed by atoms with Crippen LogP contribution in [0.5, 0.6) is 0 Å². The number of amides is 3. The molecule has 1 fully saturated rings. The zero-order chi connectivity index (χ0) is 24.8. The summed E-state index contributed by atoms with van der Waals surface area (Å²) in [7, 11) is 0. The van der Waals surface area contributed by atoms with Crippen LogP contribution in [0, 0.1) is 16.0 Å². The van der Waals surface area contributed by atoms with Crippen LogP contribution in [0.1, 0.15) is 29.3 Å². The highest BCUT2D eigenvalue weighted by Gasteiger charge is 2.37. The average molecular weight is 533 g/mol. The van der Waals surface area contributed by atoms with Crippen molar-refractivity contribution in [2.75, 3.05) is 18.5 Å². The second-order valence-corrected chi connectivity index (χ2v) is 8.35. The molecule has 178 valence electrons. The van der Waals surface area contributed by atoms with Crippen molar-refractivity contribution in [3.63, 3.8) is 0 Å². The van der Waals surface area contributed by atoms with Crippen LogP contribution >= 0.6 is 15.9 Å². The van der Waals surface area contributed by atoms with Crippen LogP contribution in [0.25, 0.3) is 0 Å². The van der Waals surface area contributed by atoms with E-state index in [1.165, 1.54) is 24.3 Å². The van der Waals surface area contributed by atoms with Crippen molar-refractivity contribution in [2.45, 2.75) is 19.8 Å². The van der Waals surface area contributed by atoms with Gasteiger partial charge in [-0.2, -0.15) is 0 Å². The molecule has 11 nitrogen and oxygen atoms in total. The van der Waals surface area contributed by atoms with Gasteiger partial charge >= 0.3 is 5.97 Å². The first kappa shape index (κ1) is 24.8. The van der Waals surface area contributed by atoms with Gasteiger partial charge in [0.05, 0.1) is 17.4 Å². The summed E-state index contributed by atoms with van der Waals surface area (Å²) in [5.74, 6) is -3.60. The second-order valence-electron chi connectivity index (χ2n) is 7.43. The molecular weight excluding hydrogens is 512 g/mol. The lowest BCUT2D eigenvalue weighted by atomic mass is 10.1. The number of anilines is 1. The van der Waals surface area contributed by atoms with Gasteiger partial charge in [-0.05, 0) is 36.2 Å². The van der Waals surface area contributed by atoms with Crippen molar-refractivity contribution < 1.29 is 28.8 Å². The van der Waals surface area contributed by atoms with Gasteiger partial charge in [-0.1, -0.05) is 35.0 Å². The van der Waals surface area contributed by atoms with Crippen molar-refractivity contribution in [2.24, 2.45) is 5.92 Å². The number of hydrogen-bond donors (Lipinski definition) is 2. The minimum Gasteiger partial charge on any atom is -0.455 e. The van der Waals surface area contributed by atoms with E-state index < -0.39 is 46.8 Å². The van der Waals surface area contributed by atoms with E-state index in [9.17, 15) is 29.3 Å². The minimum atomic E-state index is -0.898. The smallest absolute Gasteiger partial charge is 0.311 e. The van der Waals surface area contributed by atoms with Crippen molar-refractivity contribution in [1.82, 2.24) is 10.4 Å². The molecular formula is C22H21BrN4O7. The Kier molecular flexibility index (Phi) is 7.95. The number of hydrazine groups is 1. The molecule has 2 N–H and O–H groups in total. The molecule has 0 aliphatic carbocycles. The first-order chi connectivity index (χ1) is 16.2. The van der Waals surface area contributed by atoms with E-state index in [4.69, 9.17) is 4.74 Å². The summed E-state index contributed by atoms with van der Waals surface area (Å²) in [5.41, 5.74) is 3.16. The third-order valence-electron chi connectivity index (χ3n) is 5.11. The van der Waals surface area contributed by atoms with E-state index in [2.05, 4.69) is 26.7 Å². The Labute approximate surface area is 202 Å². The van der Waals surface area contributed by atoms with Gasteiger partial charge in [-0.3, -0.25) is 39.7 Å². The maximum absolute atomic E-state index is 12.4. The molecule has 0 radical (unpaired) electrons. The van der Waals surface area contributed by atoms with Crippen molar-refractivity contribution in [1.29, 1.82) is 0 Å². The fourth-order valence-electron chi connectivity index (χ4n) is 3.40. The number of aryl methyl sites for hydroxylation is 1. The van der Waals surface area contributed by atoms with Crippen molar-refractivity contribution >= 4 is 51.0 Å². The van der Waals surface area contributed by atoms with E-state index in [1.807, 2.05) is 13.0 Å². The van der Waals surface area contributed by atoms with Crippen LogP contribution in [-0.2, 0) is 25.5 Å². The summed E-state index contributed by atoms with van der Waals surface area (Å²) in [6.45, 7) is 1.22. The van der Waals surface area contributed by atoms with E-state index in [0.29, 0.717) is 12.1 Å². The van der Waals surface area contributed by atoms with Crippen LogP contribution in [0.2, 0.25) is 0 Å².